The van der Waals surface area contributed by atoms with E-state index in [2.05, 4.69) is 28.5 Å². The van der Waals surface area contributed by atoms with Gasteiger partial charge in [0.05, 0.1) is 0 Å². The van der Waals surface area contributed by atoms with Crippen molar-refractivity contribution in [1.29, 1.82) is 0 Å². The molecule has 3 aromatic rings. The summed E-state index contributed by atoms with van der Waals surface area (Å²) in [5, 5.41) is 14.0. The number of aliphatic hydroxyl groups excluding tert-OH is 1. The van der Waals surface area contributed by atoms with Crippen LogP contribution in [0, 0.1) is 5.82 Å². The van der Waals surface area contributed by atoms with E-state index in [-0.39, 0.29) is 5.82 Å². The van der Waals surface area contributed by atoms with Crippen molar-refractivity contribution in [2.75, 3.05) is 6.54 Å². The monoisotopic (exact) mass is 337 g/mol. The second-order valence-corrected chi connectivity index (χ2v) is 6.35. The van der Waals surface area contributed by atoms with Gasteiger partial charge in [-0.05, 0) is 47.4 Å². The van der Waals surface area contributed by atoms with Crippen LogP contribution in [0.4, 0.5) is 4.39 Å². The summed E-state index contributed by atoms with van der Waals surface area (Å²) in [7, 11) is 0. The van der Waals surface area contributed by atoms with E-state index in [0.717, 1.165) is 19.5 Å². The van der Waals surface area contributed by atoms with Gasteiger partial charge in [-0.25, -0.2) is 9.37 Å². The number of aromatic nitrogens is 2. The van der Waals surface area contributed by atoms with Crippen molar-refractivity contribution in [2.24, 2.45) is 0 Å². The molecule has 128 valence electrons. The first-order valence-corrected chi connectivity index (χ1v) is 8.47. The molecule has 0 fully saturated rings. The number of nitrogens with one attached hydrogen (secondary N) is 1. The van der Waals surface area contributed by atoms with Crippen LogP contribution >= 0.6 is 0 Å². The molecule has 1 unspecified atom stereocenters. The smallest absolute Gasteiger partial charge is 0.142 e. The molecule has 1 aliphatic rings. The standard InChI is InChI=1S/C20H20FN3O/c21-17-6-4-14(5-7-17)19(25)20-23-10-11-24(20)13-16-3-1-2-15-12-22-9-8-18(15)16/h1-7,10-11,19,22,25H,8-9,12-13H2. The average molecular weight is 337 g/mol. The van der Waals surface area contributed by atoms with E-state index >= 15 is 0 Å². The maximum Gasteiger partial charge on any atom is 0.142 e. The zero-order chi connectivity index (χ0) is 17.2. The SMILES string of the molecule is OC(c1ccc(F)cc1)c1nccn1Cc1cccc2c1CCNC2. The molecule has 1 aromatic heterocycles. The normalized spacial score (nSPS) is 15.0. The van der Waals surface area contributed by atoms with Gasteiger partial charge in [0.25, 0.3) is 0 Å². The van der Waals surface area contributed by atoms with Gasteiger partial charge < -0.3 is 15.0 Å². The molecular formula is C20H20FN3O. The molecule has 2 N–H and O–H groups in total. The van der Waals surface area contributed by atoms with Crippen LogP contribution in [0.1, 0.15) is 34.2 Å². The summed E-state index contributed by atoms with van der Waals surface area (Å²) in [5.41, 5.74) is 4.61. The third-order valence-electron chi connectivity index (χ3n) is 4.76. The van der Waals surface area contributed by atoms with Gasteiger partial charge in [-0.3, -0.25) is 0 Å². The Morgan fingerprint density at radius 3 is 2.88 bits per heavy atom. The second kappa shape index (κ2) is 6.78. The fourth-order valence-corrected chi connectivity index (χ4v) is 3.44. The topological polar surface area (TPSA) is 50.1 Å². The number of nitrogens with zero attached hydrogens (tertiary/aromatic N) is 2. The van der Waals surface area contributed by atoms with Crippen molar-refractivity contribution in [3.05, 3.63) is 88.8 Å². The van der Waals surface area contributed by atoms with Gasteiger partial charge in [-0.2, -0.15) is 0 Å². The first kappa shape index (κ1) is 16.0. The lowest BCUT2D eigenvalue weighted by atomic mass is 9.95. The average Bonchev–Trinajstić information content (AvgIpc) is 3.10. The highest BCUT2D eigenvalue weighted by molar-refractivity contribution is 5.37. The lowest BCUT2D eigenvalue weighted by molar-refractivity contribution is 0.205. The third-order valence-corrected chi connectivity index (χ3v) is 4.76. The van der Waals surface area contributed by atoms with Crippen molar-refractivity contribution in [1.82, 2.24) is 14.9 Å². The zero-order valence-corrected chi connectivity index (χ0v) is 13.8. The maximum absolute atomic E-state index is 13.1. The molecular weight excluding hydrogens is 317 g/mol. The molecule has 0 saturated heterocycles. The molecule has 1 atom stereocenters. The number of hydrogen-bond donors (Lipinski definition) is 2. The molecule has 25 heavy (non-hydrogen) atoms. The van der Waals surface area contributed by atoms with Crippen molar-refractivity contribution in [3.8, 4) is 0 Å². The van der Waals surface area contributed by atoms with Gasteiger partial charge in [-0.1, -0.05) is 30.3 Å². The quantitative estimate of drug-likeness (QED) is 0.770. The van der Waals surface area contributed by atoms with Crippen LogP contribution in [-0.4, -0.2) is 21.2 Å². The van der Waals surface area contributed by atoms with Crippen LogP contribution in [0.5, 0.6) is 0 Å². The Balaban J connectivity index is 1.63. The minimum absolute atomic E-state index is 0.316. The van der Waals surface area contributed by atoms with Crippen LogP contribution in [0.15, 0.2) is 54.9 Å². The van der Waals surface area contributed by atoms with Crippen LogP contribution in [0.2, 0.25) is 0 Å². The predicted octanol–water partition coefficient (Wildman–Crippen LogP) is 2.80. The van der Waals surface area contributed by atoms with Gasteiger partial charge in [-0.15, -0.1) is 0 Å². The van der Waals surface area contributed by atoms with E-state index in [1.807, 2.05) is 10.8 Å². The highest BCUT2D eigenvalue weighted by Crippen LogP contribution is 2.24. The molecule has 1 aliphatic heterocycles. The number of fused-ring (bicyclic) bond motifs is 1. The van der Waals surface area contributed by atoms with Gasteiger partial charge in [0, 0.05) is 25.5 Å². The van der Waals surface area contributed by atoms with Gasteiger partial charge in [0.1, 0.15) is 17.7 Å². The molecule has 0 saturated carbocycles. The van der Waals surface area contributed by atoms with Crippen molar-refractivity contribution >= 4 is 0 Å². The molecule has 2 heterocycles. The van der Waals surface area contributed by atoms with E-state index in [1.54, 1.807) is 18.3 Å². The lowest BCUT2D eigenvalue weighted by Crippen LogP contribution is -2.25. The minimum atomic E-state index is -0.878. The fraction of sp³-hybridized carbons (Fsp3) is 0.250. The number of imidazole rings is 1. The van der Waals surface area contributed by atoms with Crippen molar-refractivity contribution < 1.29 is 9.50 Å². The Hall–Kier alpha value is -2.50. The Morgan fingerprint density at radius 1 is 1.20 bits per heavy atom. The van der Waals surface area contributed by atoms with E-state index in [9.17, 15) is 9.50 Å². The molecule has 5 heteroatoms. The maximum atomic E-state index is 13.1. The first-order chi connectivity index (χ1) is 12.2. The third kappa shape index (κ3) is 3.21. The van der Waals surface area contributed by atoms with E-state index in [1.165, 1.54) is 28.8 Å². The minimum Gasteiger partial charge on any atom is -0.380 e. The van der Waals surface area contributed by atoms with Gasteiger partial charge in [0.2, 0.25) is 0 Å². The molecule has 2 aromatic carbocycles. The number of benzene rings is 2. The fourth-order valence-electron chi connectivity index (χ4n) is 3.44. The summed E-state index contributed by atoms with van der Waals surface area (Å²) in [6.07, 6.45) is 3.70. The zero-order valence-electron chi connectivity index (χ0n) is 13.8. The summed E-state index contributed by atoms with van der Waals surface area (Å²) < 4.78 is 15.1. The summed E-state index contributed by atoms with van der Waals surface area (Å²) in [6.45, 7) is 2.55. The van der Waals surface area contributed by atoms with Gasteiger partial charge in [0.15, 0.2) is 0 Å². The van der Waals surface area contributed by atoms with E-state index in [0.29, 0.717) is 17.9 Å². The molecule has 4 nitrogen and oxygen atoms in total. The Kier molecular flexibility index (Phi) is 4.34. The molecule has 4 rings (SSSR count). The van der Waals surface area contributed by atoms with Crippen LogP contribution in [0.25, 0.3) is 0 Å². The van der Waals surface area contributed by atoms with Crippen LogP contribution < -0.4 is 5.32 Å². The summed E-state index contributed by atoms with van der Waals surface area (Å²) in [4.78, 5) is 4.33. The van der Waals surface area contributed by atoms with Gasteiger partial charge >= 0.3 is 0 Å². The molecule has 0 amide bonds. The summed E-state index contributed by atoms with van der Waals surface area (Å²) in [5.74, 6) is 0.252. The van der Waals surface area contributed by atoms with Crippen LogP contribution in [0.3, 0.4) is 0 Å². The number of hydrogen-bond acceptors (Lipinski definition) is 3. The highest BCUT2D eigenvalue weighted by atomic mass is 19.1. The summed E-state index contributed by atoms with van der Waals surface area (Å²) in [6, 6.07) is 12.3. The number of aliphatic hydroxyl groups is 1. The molecule has 0 radical (unpaired) electrons. The van der Waals surface area contributed by atoms with Crippen molar-refractivity contribution in [2.45, 2.75) is 25.6 Å². The molecule has 0 spiro atoms. The van der Waals surface area contributed by atoms with E-state index in [4.69, 9.17) is 0 Å². The Labute approximate surface area is 146 Å². The summed E-state index contributed by atoms with van der Waals surface area (Å²) >= 11 is 0. The second-order valence-electron chi connectivity index (χ2n) is 6.35. The van der Waals surface area contributed by atoms with Crippen molar-refractivity contribution in [3.63, 3.8) is 0 Å². The first-order valence-electron chi connectivity index (χ1n) is 8.47. The molecule has 0 aliphatic carbocycles. The predicted molar refractivity (Wildman–Crippen MR) is 93.6 cm³/mol. The number of rotatable bonds is 4. The van der Waals surface area contributed by atoms with E-state index < -0.39 is 6.10 Å². The Bertz CT molecular complexity index is 873. The molecule has 0 bridgehead atoms. The number of halogens is 1. The lowest BCUT2D eigenvalue weighted by Gasteiger charge is -2.21. The highest BCUT2D eigenvalue weighted by Gasteiger charge is 2.18. The van der Waals surface area contributed by atoms with Crippen LogP contribution in [-0.2, 0) is 19.5 Å². The Morgan fingerprint density at radius 2 is 2.04 bits per heavy atom. The largest absolute Gasteiger partial charge is 0.380 e.